The van der Waals surface area contributed by atoms with E-state index in [-0.39, 0.29) is 11.4 Å². The van der Waals surface area contributed by atoms with Crippen LogP contribution >= 0.6 is 22.9 Å². The molecule has 0 amide bonds. The number of hydrogen-bond acceptors (Lipinski definition) is 6. The van der Waals surface area contributed by atoms with Crippen LogP contribution in [0.5, 0.6) is 11.5 Å². The standard InChI is InChI=1S/C19H19ClN2O4S2/c1-25-17-8-7-16(11-18(17)26-2)28(23,24)21-10-9-15-12-27-19(22-15)13-3-5-14(20)6-4-13/h3-8,11-12,21H,9-10H2,1-2H3. The molecule has 9 heteroatoms. The lowest BCUT2D eigenvalue weighted by Gasteiger charge is -2.10. The second kappa shape index (κ2) is 8.91. The Hall–Kier alpha value is -2.13. The predicted octanol–water partition coefficient (Wildman–Crippen LogP) is 4.00. The van der Waals surface area contributed by atoms with Crippen LogP contribution in [0, 0.1) is 0 Å². The molecule has 1 N–H and O–H groups in total. The lowest BCUT2D eigenvalue weighted by Crippen LogP contribution is -2.26. The number of hydrogen-bond donors (Lipinski definition) is 1. The first kappa shape index (κ1) is 20.6. The second-order valence-corrected chi connectivity index (χ2v) is 8.88. The average molecular weight is 439 g/mol. The van der Waals surface area contributed by atoms with Gasteiger partial charge < -0.3 is 9.47 Å². The van der Waals surface area contributed by atoms with Crippen LogP contribution in [0.1, 0.15) is 5.69 Å². The van der Waals surface area contributed by atoms with Crippen molar-refractivity contribution in [2.24, 2.45) is 0 Å². The largest absolute Gasteiger partial charge is 0.493 e. The fourth-order valence-electron chi connectivity index (χ4n) is 2.53. The summed E-state index contributed by atoms with van der Waals surface area (Å²) in [5.41, 5.74) is 1.80. The molecule has 2 aromatic carbocycles. The van der Waals surface area contributed by atoms with Gasteiger partial charge in [0.15, 0.2) is 11.5 Å². The Morgan fingerprint density at radius 2 is 1.79 bits per heavy atom. The zero-order chi connectivity index (χ0) is 20.1. The summed E-state index contributed by atoms with van der Waals surface area (Å²) in [5.74, 6) is 0.830. The number of ether oxygens (including phenoxy) is 2. The van der Waals surface area contributed by atoms with Gasteiger partial charge in [-0.05, 0) is 24.3 Å². The summed E-state index contributed by atoms with van der Waals surface area (Å²) in [6.45, 7) is 0.237. The number of halogens is 1. The maximum Gasteiger partial charge on any atom is 0.240 e. The Bertz CT molecular complexity index is 1050. The summed E-state index contributed by atoms with van der Waals surface area (Å²) < 4.78 is 37.9. The Labute approximate surface area is 173 Å². The quantitative estimate of drug-likeness (QED) is 0.575. The van der Waals surface area contributed by atoms with Gasteiger partial charge in [0.25, 0.3) is 0 Å². The Kier molecular flexibility index (Phi) is 6.56. The van der Waals surface area contributed by atoms with Gasteiger partial charge >= 0.3 is 0 Å². The van der Waals surface area contributed by atoms with Crippen molar-refractivity contribution < 1.29 is 17.9 Å². The van der Waals surface area contributed by atoms with E-state index in [0.717, 1.165) is 16.3 Å². The first-order chi connectivity index (χ1) is 13.4. The number of thiazole rings is 1. The van der Waals surface area contributed by atoms with Gasteiger partial charge in [0.05, 0.1) is 24.8 Å². The number of methoxy groups -OCH3 is 2. The Morgan fingerprint density at radius 1 is 1.07 bits per heavy atom. The van der Waals surface area contributed by atoms with Crippen LogP contribution in [0.2, 0.25) is 5.02 Å². The molecule has 28 heavy (non-hydrogen) atoms. The minimum atomic E-state index is -3.66. The molecule has 148 valence electrons. The van der Waals surface area contributed by atoms with E-state index in [4.69, 9.17) is 21.1 Å². The number of nitrogens with one attached hydrogen (secondary N) is 1. The number of sulfonamides is 1. The number of rotatable bonds is 8. The van der Waals surface area contributed by atoms with E-state index in [9.17, 15) is 8.42 Å². The number of aromatic nitrogens is 1. The van der Waals surface area contributed by atoms with E-state index in [1.165, 1.54) is 37.7 Å². The maximum atomic E-state index is 12.5. The molecule has 0 aliphatic heterocycles. The fourth-order valence-corrected chi connectivity index (χ4v) is 4.56. The van der Waals surface area contributed by atoms with Crippen molar-refractivity contribution >= 4 is 33.0 Å². The van der Waals surface area contributed by atoms with Gasteiger partial charge in [-0.25, -0.2) is 18.1 Å². The van der Waals surface area contributed by atoms with Crippen LogP contribution in [0.4, 0.5) is 0 Å². The minimum Gasteiger partial charge on any atom is -0.493 e. The normalized spacial score (nSPS) is 11.4. The van der Waals surface area contributed by atoms with Crippen LogP contribution in [-0.2, 0) is 16.4 Å². The van der Waals surface area contributed by atoms with Crippen LogP contribution in [0.25, 0.3) is 10.6 Å². The van der Waals surface area contributed by atoms with Crippen LogP contribution in [0.15, 0.2) is 52.7 Å². The fraction of sp³-hybridized carbons (Fsp3) is 0.211. The van der Waals surface area contributed by atoms with Crippen molar-refractivity contribution in [3.8, 4) is 22.1 Å². The molecule has 0 bridgehead atoms. The molecule has 0 unspecified atom stereocenters. The summed E-state index contributed by atoms with van der Waals surface area (Å²) in [6, 6.07) is 11.9. The first-order valence-electron chi connectivity index (χ1n) is 8.35. The molecule has 0 aliphatic rings. The van der Waals surface area contributed by atoms with Gasteiger partial charge in [0.2, 0.25) is 10.0 Å². The third kappa shape index (κ3) is 4.82. The Morgan fingerprint density at radius 3 is 2.46 bits per heavy atom. The van der Waals surface area contributed by atoms with Crippen LogP contribution in [0.3, 0.4) is 0 Å². The monoisotopic (exact) mass is 438 g/mol. The van der Waals surface area contributed by atoms with Crippen molar-refractivity contribution in [3.63, 3.8) is 0 Å². The van der Waals surface area contributed by atoms with E-state index >= 15 is 0 Å². The topological polar surface area (TPSA) is 77.5 Å². The van der Waals surface area contributed by atoms with Crippen molar-refractivity contribution in [2.45, 2.75) is 11.3 Å². The highest BCUT2D eigenvalue weighted by molar-refractivity contribution is 7.89. The van der Waals surface area contributed by atoms with E-state index in [0.29, 0.717) is 22.9 Å². The van der Waals surface area contributed by atoms with E-state index < -0.39 is 10.0 Å². The summed E-state index contributed by atoms with van der Waals surface area (Å²) in [5, 5.41) is 3.47. The molecule has 1 aromatic heterocycles. The van der Waals surface area contributed by atoms with Crippen molar-refractivity contribution in [1.29, 1.82) is 0 Å². The van der Waals surface area contributed by atoms with Gasteiger partial charge in [0.1, 0.15) is 5.01 Å². The van der Waals surface area contributed by atoms with Gasteiger partial charge in [-0.2, -0.15) is 0 Å². The SMILES string of the molecule is COc1ccc(S(=O)(=O)NCCc2csc(-c3ccc(Cl)cc3)n2)cc1OC. The van der Waals surface area contributed by atoms with E-state index in [2.05, 4.69) is 9.71 Å². The van der Waals surface area contributed by atoms with Crippen molar-refractivity contribution in [3.05, 3.63) is 58.6 Å². The number of nitrogens with zero attached hydrogens (tertiary/aromatic N) is 1. The third-order valence-electron chi connectivity index (χ3n) is 3.98. The summed E-state index contributed by atoms with van der Waals surface area (Å²) in [7, 11) is -0.706. The molecule has 0 fully saturated rings. The zero-order valence-electron chi connectivity index (χ0n) is 15.3. The minimum absolute atomic E-state index is 0.116. The first-order valence-corrected chi connectivity index (χ1v) is 11.1. The third-order valence-corrected chi connectivity index (χ3v) is 6.63. The highest BCUT2D eigenvalue weighted by Crippen LogP contribution is 2.29. The highest BCUT2D eigenvalue weighted by atomic mass is 35.5. The zero-order valence-corrected chi connectivity index (χ0v) is 17.7. The summed E-state index contributed by atoms with van der Waals surface area (Å²) in [6.07, 6.45) is 0.483. The molecule has 0 spiro atoms. The lowest BCUT2D eigenvalue weighted by molar-refractivity contribution is 0.354. The Balaban J connectivity index is 1.64. The summed E-state index contributed by atoms with van der Waals surface area (Å²) >= 11 is 7.42. The van der Waals surface area contributed by atoms with Gasteiger partial charge in [0, 0.05) is 35.0 Å². The van der Waals surface area contributed by atoms with Crippen molar-refractivity contribution in [1.82, 2.24) is 9.71 Å². The molecule has 3 rings (SSSR count). The van der Waals surface area contributed by atoms with Gasteiger partial charge in [-0.3, -0.25) is 0 Å². The van der Waals surface area contributed by atoms with Gasteiger partial charge in [-0.1, -0.05) is 23.7 Å². The highest BCUT2D eigenvalue weighted by Gasteiger charge is 2.17. The smallest absolute Gasteiger partial charge is 0.240 e. The van der Waals surface area contributed by atoms with Gasteiger partial charge in [-0.15, -0.1) is 11.3 Å². The molecule has 0 aliphatic carbocycles. The summed E-state index contributed by atoms with van der Waals surface area (Å²) in [4.78, 5) is 4.67. The van der Waals surface area contributed by atoms with Crippen LogP contribution in [-0.4, -0.2) is 34.2 Å². The number of benzene rings is 2. The van der Waals surface area contributed by atoms with Crippen LogP contribution < -0.4 is 14.2 Å². The van der Waals surface area contributed by atoms with E-state index in [1.807, 2.05) is 29.6 Å². The molecule has 0 saturated carbocycles. The average Bonchev–Trinajstić information content (AvgIpc) is 3.16. The molecular weight excluding hydrogens is 420 g/mol. The molecule has 3 aromatic rings. The molecule has 1 heterocycles. The molecule has 0 saturated heterocycles. The van der Waals surface area contributed by atoms with E-state index in [1.54, 1.807) is 6.07 Å². The molecule has 0 radical (unpaired) electrons. The maximum absolute atomic E-state index is 12.5. The molecule has 0 atom stereocenters. The second-order valence-electron chi connectivity index (χ2n) is 5.82. The lowest BCUT2D eigenvalue weighted by atomic mass is 10.2. The molecule has 6 nitrogen and oxygen atoms in total. The molecular formula is C19H19ClN2O4S2. The van der Waals surface area contributed by atoms with Crippen molar-refractivity contribution in [2.75, 3.05) is 20.8 Å². The predicted molar refractivity (Wildman–Crippen MR) is 111 cm³/mol.